The Labute approximate surface area is 138 Å². The van der Waals surface area contributed by atoms with Gasteiger partial charge >= 0.3 is 11.8 Å². The molecule has 1 fully saturated rings. The third-order valence-electron chi connectivity index (χ3n) is 3.33. The van der Waals surface area contributed by atoms with Crippen molar-refractivity contribution >= 4 is 46.6 Å². The van der Waals surface area contributed by atoms with Crippen LogP contribution in [0.1, 0.15) is 6.92 Å². The van der Waals surface area contributed by atoms with Gasteiger partial charge in [0.25, 0.3) is 0 Å². The van der Waals surface area contributed by atoms with Crippen LogP contribution in [0.2, 0.25) is 10.0 Å². The fraction of sp³-hybridized carbons (Fsp3) is 0.357. The van der Waals surface area contributed by atoms with Gasteiger partial charge in [0.15, 0.2) is 0 Å². The Morgan fingerprint density at radius 1 is 0.955 bits per heavy atom. The number of hydrogen-bond acceptors (Lipinski definition) is 3. The maximum Gasteiger partial charge on any atom is 0.313 e. The molecule has 118 valence electrons. The second-order valence-electron chi connectivity index (χ2n) is 4.91. The molecule has 1 aromatic rings. The first-order valence-electron chi connectivity index (χ1n) is 6.68. The Bertz CT molecular complexity index is 593. The lowest BCUT2D eigenvalue weighted by molar-refractivity contribution is -0.145. The average molecular weight is 344 g/mol. The van der Waals surface area contributed by atoms with Crippen LogP contribution >= 0.6 is 23.2 Å². The van der Waals surface area contributed by atoms with Crippen molar-refractivity contribution in [3.8, 4) is 0 Å². The molecule has 1 N–H and O–H groups in total. The van der Waals surface area contributed by atoms with Gasteiger partial charge < -0.3 is 15.1 Å². The largest absolute Gasteiger partial charge is 0.339 e. The number of rotatable bonds is 1. The molecule has 1 saturated heterocycles. The summed E-state index contributed by atoms with van der Waals surface area (Å²) in [7, 11) is 0. The van der Waals surface area contributed by atoms with E-state index in [0.717, 1.165) is 0 Å². The summed E-state index contributed by atoms with van der Waals surface area (Å²) in [6, 6.07) is 4.54. The van der Waals surface area contributed by atoms with E-state index in [1.54, 1.807) is 4.90 Å². The first-order chi connectivity index (χ1) is 10.4. The molecule has 1 aliphatic rings. The van der Waals surface area contributed by atoms with Gasteiger partial charge in [0, 0.05) is 48.8 Å². The average Bonchev–Trinajstić information content (AvgIpc) is 2.45. The number of carbonyl (C=O) groups excluding carboxylic acids is 3. The lowest BCUT2D eigenvalue weighted by atomic mass is 10.3. The highest BCUT2D eigenvalue weighted by Gasteiger charge is 2.26. The Balaban J connectivity index is 1.95. The summed E-state index contributed by atoms with van der Waals surface area (Å²) < 4.78 is 0. The van der Waals surface area contributed by atoms with Crippen molar-refractivity contribution in [1.82, 2.24) is 9.80 Å². The number of hydrogen-bond donors (Lipinski definition) is 1. The van der Waals surface area contributed by atoms with Crippen molar-refractivity contribution in [2.24, 2.45) is 0 Å². The van der Waals surface area contributed by atoms with Crippen molar-refractivity contribution < 1.29 is 14.4 Å². The molecule has 0 atom stereocenters. The summed E-state index contributed by atoms with van der Waals surface area (Å²) >= 11 is 11.7. The Hall–Kier alpha value is -1.79. The number of amides is 3. The molecule has 0 spiro atoms. The van der Waals surface area contributed by atoms with Crippen LogP contribution in [0.4, 0.5) is 5.69 Å². The number of carbonyl (C=O) groups is 3. The minimum atomic E-state index is -0.755. The summed E-state index contributed by atoms with van der Waals surface area (Å²) in [5.41, 5.74) is 0.359. The molecule has 6 nitrogen and oxygen atoms in total. The molecule has 22 heavy (non-hydrogen) atoms. The lowest BCUT2D eigenvalue weighted by Crippen LogP contribution is -2.52. The van der Waals surface area contributed by atoms with Crippen LogP contribution in [0, 0.1) is 0 Å². The van der Waals surface area contributed by atoms with E-state index in [1.807, 2.05) is 0 Å². The molecule has 0 unspecified atom stereocenters. The van der Waals surface area contributed by atoms with E-state index in [9.17, 15) is 14.4 Å². The third-order valence-corrected chi connectivity index (χ3v) is 3.76. The van der Waals surface area contributed by atoms with Crippen LogP contribution in [0.3, 0.4) is 0 Å². The fourth-order valence-corrected chi connectivity index (χ4v) is 2.70. The van der Waals surface area contributed by atoms with Gasteiger partial charge in [-0.25, -0.2) is 0 Å². The second-order valence-corrected chi connectivity index (χ2v) is 5.78. The zero-order chi connectivity index (χ0) is 16.3. The number of anilines is 1. The lowest BCUT2D eigenvalue weighted by Gasteiger charge is -2.33. The Morgan fingerprint density at radius 3 is 1.95 bits per heavy atom. The standard InChI is InChI=1S/C14H15Cl2N3O3/c1-9(20)18-2-4-19(5-3-18)14(22)13(21)17-12-7-10(15)6-11(16)8-12/h6-8H,2-5H2,1H3,(H,17,21). The molecule has 0 saturated carbocycles. The molecular weight excluding hydrogens is 329 g/mol. The van der Waals surface area contributed by atoms with E-state index in [4.69, 9.17) is 23.2 Å². The molecule has 0 aliphatic carbocycles. The quantitative estimate of drug-likeness (QED) is 0.787. The molecular formula is C14H15Cl2N3O3. The SMILES string of the molecule is CC(=O)N1CCN(C(=O)C(=O)Nc2cc(Cl)cc(Cl)c2)CC1. The Morgan fingerprint density at radius 2 is 1.45 bits per heavy atom. The van der Waals surface area contributed by atoms with E-state index in [0.29, 0.717) is 41.9 Å². The third kappa shape index (κ3) is 4.11. The van der Waals surface area contributed by atoms with E-state index >= 15 is 0 Å². The molecule has 3 amide bonds. The van der Waals surface area contributed by atoms with Gasteiger partial charge in [0.2, 0.25) is 5.91 Å². The zero-order valence-corrected chi connectivity index (χ0v) is 13.4. The maximum atomic E-state index is 12.1. The van der Waals surface area contributed by atoms with Gasteiger partial charge in [0.05, 0.1) is 0 Å². The summed E-state index contributed by atoms with van der Waals surface area (Å²) in [5, 5.41) is 3.21. The number of piperazine rings is 1. The summed E-state index contributed by atoms with van der Waals surface area (Å²) in [6.07, 6.45) is 0. The van der Waals surface area contributed by atoms with Crippen molar-refractivity contribution in [1.29, 1.82) is 0 Å². The molecule has 0 radical (unpaired) electrons. The van der Waals surface area contributed by atoms with Crippen molar-refractivity contribution in [2.45, 2.75) is 6.92 Å². The minimum absolute atomic E-state index is 0.0369. The van der Waals surface area contributed by atoms with Crippen LogP contribution in [0.15, 0.2) is 18.2 Å². The molecule has 8 heteroatoms. The molecule has 2 rings (SSSR count). The normalized spacial score (nSPS) is 14.7. The number of benzene rings is 1. The van der Waals surface area contributed by atoms with Gasteiger partial charge in [-0.1, -0.05) is 23.2 Å². The number of halogens is 2. The first-order valence-corrected chi connectivity index (χ1v) is 7.44. The molecule has 0 bridgehead atoms. The van der Waals surface area contributed by atoms with Crippen molar-refractivity contribution in [3.05, 3.63) is 28.2 Å². The van der Waals surface area contributed by atoms with Gasteiger partial charge in [-0.15, -0.1) is 0 Å². The maximum absolute atomic E-state index is 12.1. The smallest absolute Gasteiger partial charge is 0.313 e. The number of nitrogens with one attached hydrogen (secondary N) is 1. The topological polar surface area (TPSA) is 69.7 Å². The highest BCUT2D eigenvalue weighted by atomic mass is 35.5. The van der Waals surface area contributed by atoms with E-state index in [-0.39, 0.29) is 5.91 Å². The van der Waals surface area contributed by atoms with E-state index in [1.165, 1.54) is 30.0 Å². The molecule has 0 aromatic heterocycles. The first kappa shape index (κ1) is 16.6. The number of nitrogens with zero attached hydrogens (tertiary/aromatic N) is 2. The van der Waals surface area contributed by atoms with Gasteiger partial charge in [0.1, 0.15) is 0 Å². The van der Waals surface area contributed by atoms with Crippen molar-refractivity contribution in [2.75, 3.05) is 31.5 Å². The van der Waals surface area contributed by atoms with Crippen LogP contribution in [-0.4, -0.2) is 53.7 Å². The second kappa shape index (κ2) is 6.98. The predicted octanol–water partition coefficient (Wildman–Crippen LogP) is 1.62. The Kier molecular flexibility index (Phi) is 5.26. The fourth-order valence-electron chi connectivity index (χ4n) is 2.18. The molecule has 1 aliphatic heterocycles. The van der Waals surface area contributed by atoms with E-state index in [2.05, 4.69) is 5.32 Å². The minimum Gasteiger partial charge on any atom is -0.339 e. The van der Waals surface area contributed by atoms with Crippen LogP contribution in [-0.2, 0) is 14.4 Å². The van der Waals surface area contributed by atoms with E-state index < -0.39 is 11.8 Å². The van der Waals surface area contributed by atoms with Crippen LogP contribution < -0.4 is 5.32 Å². The summed E-state index contributed by atoms with van der Waals surface area (Å²) in [4.78, 5) is 38.4. The monoisotopic (exact) mass is 343 g/mol. The van der Waals surface area contributed by atoms with Gasteiger partial charge in [-0.3, -0.25) is 14.4 Å². The highest BCUT2D eigenvalue weighted by molar-refractivity contribution is 6.40. The summed E-state index contributed by atoms with van der Waals surface area (Å²) in [5.74, 6) is -1.43. The molecule has 1 aromatic carbocycles. The summed E-state index contributed by atoms with van der Waals surface area (Å²) in [6.45, 7) is 3.01. The van der Waals surface area contributed by atoms with Gasteiger partial charge in [-0.2, -0.15) is 0 Å². The predicted molar refractivity (Wildman–Crippen MR) is 83.9 cm³/mol. The van der Waals surface area contributed by atoms with Crippen LogP contribution in [0.5, 0.6) is 0 Å². The molecule has 1 heterocycles. The highest BCUT2D eigenvalue weighted by Crippen LogP contribution is 2.22. The van der Waals surface area contributed by atoms with Crippen molar-refractivity contribution in [3.63, 3.8) is 0 Å². The van der Waals surface area contributed by atoms with Gasteiger partial charge in [-0.05, 0) is 18.2 Å². The zero-order valence-electron chi connectivity index (χ0n) is 11.9. The van der Waals surface area contributed by atoms with Crippen LogP contribution in [0.25, 0.3) is 0 Å².